The molecule has 1 aromatic heterocycles. The van der Waals surface area contributed by atoms with Crippen molar-refractivity contribution in [1.82, 2.24) is 4.57 Å². The van der Waals surface area contributed by atoms with Gasteiger partial charge >= 0.3 is 0 Å². The monoisotopic (exact) mass is 153 g/mol. The van der Waals surface area contributed by atoms with Crippen molar-refractivity contribution in [3.8, 4) is 0 Å². The highest BCUT2D eigenvalue weighted by Gasteiger charge is 2.03. The molecule has 0 saturated carbocycles. The highest BCUT2D eigenvalue weighted by atomic mass is 15.2. The molecule has 0 aromatic carbocycles. The normalized spacial score (nSPS) is 10.1. The molecule has 0 spiro atoms. The lowest BCUT2D eigenvalue weighted by Gasteiger charge is -2.17. The Hall–Kier alpha value is -1.12. The van der Waals surface area contributed by atoms with E-state index in [0.717, 1.165) is 18.2 Å². The van der Waals surface area contributed by atoms with Crippen molar-refractivity contribution in [1.29, 1.82) is 0 Å². The molecule has 0 radical (unpaired) electrons. The second-order valence-corrected chi connectivity index (χ2v) is 2.69. The van der Waals surface area contributed by atoms with Gasteiger partial charge in [-0.3, -0.25) is 0 Å². The topological polar surface area (TPSA) is 34.2 Å². The molecule has 0 atom stereocenters. The van der Waals surface area contributed by atoms with Gasteiger partial charge in [0.1, 0.15) is 11.6 Å². The SMILES string of the molecule is CCN(C)c1ccc(N)n1C. The van der Waals surface area contributed by atoms with E-state index in [-0.39, 0.29) is 0 Å². The standard InChI is InChI=1S/C8H15N3/c1-4-10(2)8-6-5-7(9)11(8)3/h5-6H,4,9H2,1-3H3. The van der Waals surface area contributed by atoms with Gasteiger partial charge < -0.3 is 15.2 Å². The largest absolute Gasteiger partial charge is 0.385 e. The van der Waals surface area contributed by atoms with Gasteiger partial charge in [-0.1, -0.05) is 0 Å². The van der Waals surface area contributed by atoms with E-state index in [1.165, 1.54) is 0 Å². The van der Waals surface area contributed by atoms with Gasteiger partial charge in [0.05, 0.1) is 0 Å². The third-order valence-electron chi connectivity index (χ3n) is 2.00. The summed E-state index contributed by atoms with van der Waals surface area (Å²) >= 11 is 0. The minimum absolute atomic E-state index is 0.806. The zero-order chi connectivity index (χ0) is 8.43. The van der Waals surface area contributed by atoms with E-state index >= 15 is 0 Å². The molecule has 3 nitrogen and oxygen atoms in total. The number of aromatic nitrogens is 1. The van der Waals surface area contributed by atoms with E-state index in [0.29, 0.717) is 0 Å². The van der Waals surface area contributed by atoms with Crippen LogP contribution >= 0.6 is 0 Å². The fraction of sp³-hybridized carbons (Fsp3) is 0.500. The molecule has 62 valence electrons. The van der Waals surface area contributed by atoms with Crippen LogP contribution in [-0.4, -0.2) is 18.2 Å². The zero-order valence-corrected chi connectivity index (χ0v) is 7.33. The molecule has 1 rings (SSSR count). The van der Waals surface area contributed by atoms with E-state index in [9.17, 15) is 0 Å². The van der Waals surface area contributed by atoms with Gasteiger partial charge in [0.25, 0.3) is 0 Å². The number of hydrogen-bond acceptors (Lipinski definition) is 2. The van der Waals surface area contributed by atoms with Gasteiger partial charge in [-0.25, -0.2) is 0 Å². The lowest BCUT2D eigenvalue weighted by atomic mass is 10.5. The van der Waals surface area contributed by atoms with Gasteiger partial charge in [0.2, 0.25) is 0 Å². The quantitative estimate of drug-likeness (QED) is 0.689. The summed E-state index contributed by atoms with van der Waals surface area (Å²) < 4.78 is 1.98. The molecule has 2 N–H and O–H groups in total. The first kappa shape index (κ1) is 7.98. The van der Waals surface area contributed by atoms with Crippen LogP contribution in [0.4, 0.5) is 11.6 Å². The van der Waals surface area contributed by atoms with Crippen molar-refractivity contribution < 1.29 is 0 Å². The van der Waals surface area contributed by atoms with Crippen LogP contribution in [0, 0.1) is 0 Å². The predicted octanol–water partition coefficient (Wildman–Crippen LogP) is 1.06. The maximum absolute atomic E-state index is 5.67. The van der Waals surface area contributed by atoms with Crippen molar-refractivity contribution in [3.05, 3.63) is 12.1 Å². The Morgan fingerprint density at radius 2 is 2.18 bits per heavy atom. The van der Waals surface area contributed by atoms with Gasteiger partial charge in [-0.2, -0.15) is 0 Å². The van der Waals surface area contributed by atoms with Crippen LogP contribution in [0.5, 0.6) is 0 Å². The summed E-state index contributed by atoms with van der Waals surface area (Å²) in [4.78, 5) is 2.15. The summed E-state index contributed by atoms with van der Waals surface area (Å²) in [5.41, 5.74) is 5.67. The molecule has 1 heterocycles. The number of hydrogen-bond donors (Lipinski definition) is 1. The lowest BCUT2D eigenvalue weighted by molar-refractivity contribution is 0.853. The van der Waals surface area contributed by atoms with Crippen LogP contribution in [0.3, 0.4) is 0 Å². The molecule has 0 bridgehead atoms. The summed E-state index contributed by atoms with van der Waals surface area (Å²) in [6, 6.07) is 3.94. The van der Waals surface area contributed by atoms with Crippen molar-refractivity contribution >= 4 is 11.6 Å². The summed E-state index contributed by atoms with van der Waals surface area (Å²) in [5, 5.41) is 0. The molecular formula is C8H15N3. The van der Waals surface area contributed by atoms with E-state index in [4.69, 9.17) is 5.73 Å². The highest BCUT2D eigenvalue weighted by Crippen LogP contribution is 2.16. The van der Waals surface area contributed by atoms with E-state index in [1.807, 2.05) is 23.7 Å². The Kier molecular flexibility index (Phi) is 2.08. The van der Waals surface area contributed by atoms with Crippen LogP contribution in [0.1, 0.15) is 6.92 Å². The second-order valence-electron chi connectivity index (χ2n) is 2.69. The minimum Gasteiger partial charge on any atom is -0.385 e. The number of nitrogen functional groups attached to an aromatic ring is 1. The Balaban J connectivity index is 2.94. The third-order valence-corrected chi connectivity index (χ3v) is 2.00. The van der Waals surface area contributed by atoms with E-state index in [1.54, 1.807) is 0 Å². The molecule has 0 aliphatic carbocycles. The van der Waals surface area contributed by atoms with Crippen LogP contribution in [0.2, 0.25) is 0 Å². The van der Waals surface area contributed by atoms with Crippen LogP contribution in [-0.2, 0) is 7.05 Å². The maximum atomic E-state index is 5.67. The van der Waals surface area contributed by atoms with Crippen LogP contribution < -0.4 is 10.6 Å². The fourth-order valence-electron chi connectivity index (χ4n) is 1.06. The Morgan fingerprint density at radius 1 is 1.55 bits per heavy atom. The first-order valence-corrected chi connectivity index (χ1v) is 3.79. The van der Waals surface area contributed by atoms with Gasteiger partial charge in [-0.05, 0) is 19.1 Å². The molecule has 0 fully saturated rings. The van der Waals surface area contributed by atoms with Crippen LogP contribution in [0.15, 0.2) is 12.1 Å². The van der Waals surface area contributed by atoms with Gasteiger partial charge in [0, 0.05) is 20.6 Å². The lowest BCUT2D eigenvalue weighted by Crippen LogP contribution is -2.18. The predicted molar refractivity (Wildman–Crippen MR) is 48.8 cm³/mol. The Bertz CT molecular complexity index is 239. The maximum Gasteiger partial charge on any atom is 0.109 e. The van der Waals surface area contributed by atoms with E-state index < -0.39 is 0 Å². The van der Waals surface area contributed by atoms with Crippen LogP contribution in [0.25, 0.3) is 0 Å². The molecule has 11 heavy (non-hydrogen) atoms. The average Bonchev–Trinajstić information content (AvgIpc) is 2.32. The summed E-state index contributed by atoms with van der Waals surface area (Å²) in [6.45, 7) is 3.11. The molecule has 0 saturated heterocycles. The van der Waals surface area contributed by atoms with Gasteiger partial charge in [0.15, 0.2) is 0 Å². The molecule has 0 amide bonds. The summed E-state index contributed by atoms with van der Waals surface area (Å²) in [7, 11) is 4.02. The second kappa shape index (κ2) is 2.86. The number of anilines is 2. The summed E-state index contributed by atoms with van der Waals surface area (Å²) in [6.07, 6.45) is 0. The highest BCUT2D eigenvalue weighted by molar-refractivity contribution is 5.49. The molecule has 0 aliphatic heterocycles. The average molecular weight is 153 g/mol. The third kappa shape index (κ3) is 1.31. The minimum atomic E-state index is 0.806. The zero-order valence-electron chi connectivity index (χ0n) is 7.33. The number of nitrogens with two attached hydrogens (primary N) is 1. The van der Waals surface area contributed by atoms with Gasteiger partial charge in [-0.15, -0.1) is 0 Å². The number of rotatable bonds is 2. The van der Waals surface area contributed by atoms with Crippen molar-refractivity contribution in [3.63, 3.8) is 0 Å². The first-order chi connectivity index (χ1) is 5.16. The number of nitrogens with zero attached hydrogens (tertiary/aromatic N) is 2. The summed E-state index contributed by atoms with van der Waals surface area (Å²) in [5.74, 6) is 1.96. The molecule has 1 aromatic rings. The molecule has 3 heteroatoms. The Labute approximate surface area is 67.4 Å². The first-order valence-electron chi connectivity index (χ1n) is 3.79. The van der Waals surface area contributed by atoms with E-state index in [2.05, 4.69) is 18.9 Å². The fourth-order valence-corrected chi connectivity index (χ4v) is 1.06. The molecular weight excluding hydrogens is 138 g/mol. The van der Waals surface area contributed by atoms with Crippen molar-refractivity contribution in [2.24, 2.45) is 7.05 Å². The molecule has 0 unspecified atom stereocenters. The smallest absolute Gasteiger partial charge is 0.109 e. The van der Waals surface area contributed by atoms with Crippen molar-refractivity contribution in [2.45, 2.75) is 6.92 Å². The molecule has 0 aliphatic rings. The Morgan fingerprint density at radius 3 is 2.55 bits per heavy atom. The van der Waals surface area contributed by atoms with Crippen molar-refractivity contribution in [2.75, 3.05) is 24.2 Å².